The van der Waals surface area contributed by atoms with E-state index in [1.807, 2.05) is 30.3 Å². The standard InChI is InChI=1S/C28H27N5O3S/c34-28(36-18-19-9-3-1-4-10-19)33-37(35,22-13-5-2-6-14-22)27-30-26(31-32-27)29-25-23-15-7-11-20(23)17-21-12-8-16-24(21)25/h1-6,9-10,13-14,17H,7-8,11-12,15-16,18H2,(H2,29,30,31,32). The van der Waals surface area contributed by atoms with Crippen molar-refractivity contribution in [3.8, 4) is 0 Å². The number of aromatic amines is 1. The summed E-state index contributed by atoms with van der Waals surface area (Å²) >= 11 is 0. The first-order valence-corrected chi connectivity index (χ1v) is 14.0. The van der Waals surface area contributed by atoms with E-state index in [0.29, 0.717) is 10.8 Å². The highest BCUT2D eigenvalue weighted by Gasteiger charge is 2.27. The molecule has 0 radical (unpaired) electrons. The number of carbonyl (C=O) groups excluding carboxylic acids is 1. The Morgan fingerprint density at radius 1 is 0.946 bits per heavy atom. The lowest BCUT2D eigenvalue weighted by Gasteiger charge is -2.15. The number of nitrogens with zero attached hydrogens (tertiary/aromatic N) is 3. The molecule has 1 atom stereocenters. The smallest absolute Gasteiger partial charge is 0.442 e. The average Bonchev–Trinajstić information content (AvgIpc) is 3.69. The van der Waals surface area contributed by atoms with Gasteiger partial charge < -0.3 is 10.1 Å². The number of benzene rings is 3. The Kier molecular flexibility index (Phi) is 6.21. The van der Waals surface area contributed by atoms with Crippen molar-refractivity contribution in [3.05, 3.63) is 94.5 Å². The molecular weight excluding hydrogens is 486 g/mol. The number of carbonyl (C=O) groups is 1. The molecule has 0 fully saturated rings. The fraction of sp³-hybridized carbons (Fsp3) is 0.250. The summed E-state index contributed by atoms with van der Waals surface area (Å²) < 4.78 is 23.5. The molecule has 3 aromatic carbocycles. The largest absolute Gasteiger partial charge is 0.443 e. The maximum atomic E-state index is 14.2. The van der Waals surface area contributed by atoms with Gasteiger partial charge in [-0.25, -0.2) is 14.1 Å². The van der Waals surface area contributed by atoms with Crippen molar-refractivity contribution in [1.29, 1.82) is 0 Å². The molecule has 0 saturated heterocycles. The van der Waals surface area contributed by atoms with E-state index in [4.69, 9.17) is 4.74 Å². The lowest BCUT2D eigenvalue weighted by Crippen LogP contribution is -2.09. The molecule has 0 bridgehead atoms. The van der Waals surface area contributed by atoms with Crippen LogP contribution in [0.3, 0.4) is 0 Å². The van der Waals surface area contributed by atoms with Crippen LogP contribution in [0.5, 0.6) is 0 Å². The Labute approximate surface area is 215 Å². The van der Waals surface area contributed by atoms with Crippen molar-refractivity contribution in [2.75, 3.05) is 5.32 Å². The van der Waals surface area contributed by atoms with Gasteiger partial charge in [-0.3, -0.25) is 0 Å². The Bertz CT molecular complexity index is 1540. The predicted molar refractivity (Wildman–Crippen MR) is 140 cm³/mol. The van der Waals surface area contributed by atoms with Crippen molar-refractivity contribution >= 4 is 27.5 Å². The molecule has 37 heavy (non-hydrogen) atoms. The zero-order valence-corrected chi connectivity index (χ0v) is 21.1. The summed E-state index contributed by atoms with van der Waals surface area (Å²) in [6.07, 6.45) is 5.56. The molecule has 0 aliphatic heterocycles. The minimum atomic E-state index is -3.46. The number of rotatable bonds is 6. The highest BCUT2D eigenvalue weighted by molar-refractivity contribution is 7.93. The number of aromatic nitrogens is 3. The third-order valence-electron chi connectivity index (χ3n) is 6.91. The van der Waals surface area contributed by atoms with Crippen LogP contribution in [0.1, 0.15) is 40.7 Å². The van der Waals surface area contributed by atoms with E-state index in [9.17, 15) is 9.00 Å². The number of anilines is 2. The summed E-state index contributed by atoms with van der Waals surface area (Å²) in [5.41, 5.74) is 7.33. The second kappa shape index (κ2) is 9.82. The van der Waals surface area contributed by atoms with Crippen LogP contribution in [0.4, 0.5) is 16.4 Å². The third-order valence-corrected chi connectivity index (χ3v) is 8.93. The number of hydrogen-bond donors (Lipinski definition) is 2. The molecule has 1 amide bonds. The van der Waals surface area contributed by atoms with Crippen LogP contribution in [0, 0.1) is 0 Å². The normalized spacial score (nSPS) is 15.5. The summed E-state index contributed by atoms with van der Waals surface area (Å²) in [6, 6.07) is 20.2. The lowest BCUT2D eigenvalue weighted by atomic mass is 9.99. The van der Waals surface area contributed by atoms with Gasteiger partial charge in [0, 0.05) is 5.69 Å². The second-order valence-electron chi connectivity index (χ2n) is 9.29. The van der Waals surface area contributed by atoms with Crippen LogP contribution >= 0.6 is 0 Å². The highest BCUT2D eigenvalue weighted by atomic mass is 32.2. The van der Waals surface area contributed by atoms with Gasteiger partial charge in [0.05, 0.1) is 4.90 Å². The van der Waals surface area contributed by atoms with Gasteiger partial charge in [-0.1, -0.05) is 54.6 Å². The summed E-state index contributed by atoms with van der Waals surface area (Å²) in [6.45, 7) is 0.0287. The van der Waals surface area contributed by atoms with Crippen LogP contribution in [-0.2, 0) is 46.8 Å². The number of hydrogen-bond acceptors (Lipinski definition) is 6. The molecule has 8 nitrogen and oxygen atoms in total. The van der Waals surface area contributed by atoms with E-state index in [1.54, 1.807) is 30.3 Å². The quantitative estimate of drug-likeness (QED) is 0.340. The Balaban J connectivity index is 1.33. The van der Waals surface area contributed by atoms with E-state index in [0.717, 1.165) is 49.8 Å². The SMILES string of the molecule is O=C(N=S(=O)(c1ccccc1)c1nc(Nc2c3c(cc4c2CCC4)CCC3)n[nH]1)OCc1ccccc1. The second-order valence-corrected chi connectivity index (χ2v) is 11.4. The Hall–Kier alpha value is -3.98. The van der Waals surface area contributed by atoms with Crippen molar-refractivity contribution in [2.45, 2.75) is 55.2 Å². The molecule has 1 heterocycles. The summed E-state index contributed by atoms with van der Waals surface area (Å²) in [7, 11) is -3.46. The van der Waals surface area contributed by atoms with E-state index < -0.39 is 15.8 Å². The number of amides is 1. The summed E-state index contributed by atoms with van der Waals surface area (Å²) in [5.74, 6) is 0.306. The molecule has 6 rings (SSSR count). The molecule has 188 valence electrons. The van der Waals surface area contributed by atoms with Crippen LogP contribution in [0.15, 0.2) is 81.1 Å². The topological polar surface area (TPSA) is 109 Å². The number of aryl methyl sites for hydroxylation is 2. The number of fused-ring (bicyclic) bond motifs is 2. The fourth-order valence-electron chi connectivity index (χ4n) is 5.17. The average molecular weight is 514 g/mol. The van der Waals surface area contributed by atoms with Gasteiger partial charge in [0.15, 0.2) is 0 Å². The number of ether oxygens (including phenoxy) is 1. The van der Waals surface area contributed by atoms with Crippen LogP contribution in [0.2, 0.25) is 0 Å². The van der Waals surface area contributed by atoms with Crippen molar-refractivity contribution in [2.24, 2.45) is 4.36 Å². The van der Waals surface area contributed by atoms with Crippen molar-refractivity contribution in [3.63, 3.8) is 0 Å². The molecule has 1 aromatic heterocycles. The monoisotopic (exact) mass is 513 g/mol. The molecule has 0 spiro atoms. The van der Waals surface area contributed by atoms with Gasteiger partial charge >= 0.3 is 6.09 Å². The highest BCUT2D eigenvalue weighted by Crippen LogP contribution is 2.39. The lowest BCUT2D eigenvalue weighted by molar-refractivity contribution is 0.151. The van der Waals surface area contributed by atoms with E-state index >= 15 is 0 Å². The molecule has 2 aliphatic rings. The van der Waals surface area contributed by atoms with Gasteiger partial charge in [0.25, 0.3) is 0 Å². The maximum absolute atomic E-state index is 14.2. The summed E-state index contributed by atoms with van der Waals surface area (Å²) in [5, 5.41) is 10.5. The Morgan fingerprint density at radius 3 is 2.27 bits per heavy atom. The van der Waals surface area contributed by atoms with Gasteiger partial charge in [-0.15, -0.1) is 9.46 Å². The first-order valence-electron chi connectivity index (χ1n) is 12.5. The first-order chi connectivity index (χ1) is 18.1. The molecule has 2 aliphatic carbocycles. The van der Waals surface area contributed by atoms with E-state index in [1.165, 1.54) is 22.3 Å². The van der Waals surface area contributed by atoms with Gasteiger partial charge in [0.1, 0.15) is 16.3 Å². The molecular formula is C28H27N5O3S. The van der Waals surface area contributed by atoms with Crippen molar-refractivity contribution in [1.82, 2.24) is 15.2 Å². The van der Waals surface area contributed by atoms with Crippen molar-refractivity contribution < 1.29 is 13.7 Å². The fourth-order valence-corrected chi connectivity index (χ4v) is 6.75. The van der Waals surface area contributed by atoms with Gasteiger partial charge in [-0.05, 0) is 78.5 Å². The van der Waals surface area contributed by atoms with Crippen LogP contribution < -0.4 is 5.32 Å². The molecule has 1 unspecified atom stereocenters. The van der Waals surface area contributed by atoms with E-state index in [-0.39, 0.29) is 11.8 Å². The Morgan fingerprint density at radius 2 is 1.59 bits per heavy atom. The van der Waals surface area contributed by atoms with E-state index in [2.05, 4.69) is 30.9 Å². The zero-order valence-electron chi connectivity index (χ0n) is 20.3. The molecule has 0 saturated carbocycles. The molecule has 9 heteroatoms. The minimum Gasteiger partial charge on any atom is -0.443 e. The molecule has 4 aromatic rings. The van der Waals surface area contributed by atoms with Crippen LogP contribution in [0.25, 0.3) is 0 Å². The predicted octanol–water partition coefficient (Wildman–Crippen LogP) is 5.75. The van der Waals surface area contributed by atoms with Crippen LogP contribution in [-0.4, -0.2) is 25.5 Å². The number of nitrogens with one attached hydrogen (secondary N) is 2. The maximum Gasteiger partial charge on any atom is 0.442 e. The summed E-state index contributed by atoms with van der Waals surface area (Å²) in [4.78, 5) is 17.6. The van der Waals surface area contributed by atoms with Gasteiger partial charge in [0.2, 0.25) is 11.1 Å². The number of H-pyrrole nitrogens is 1. The van der Waals surface area contributed by atoms with Gasteiger partial charge in [-0.2, -0.15) is 4.98 Å². The third kappa shape index (κ3) is 4.62. The zero-order chi connectivity index (χ0) is 25.2. The first kappa shape index (κ1) is 23.4. The molecule has 2 N–H and O–H groups in total. The minimum absolute atomic E-state index is 0.00193.